The normalized spacial score (nSPS) is 31.8. The summed E-state index contributed by atoms with van der Waals surface area (Å²) in [7, 11) is 0. The van der Waals surface area contributed by atoms with Gasteiger partial charge in [0, 0.05) is 29.6 Å². The summed E-state index contributed by atoms with van der Waals surface area (Å²) in [4.78, 5) is 15.5. The first-order valence-corrected chi connectivity index (χ1v) is 10.0. The van der Waals surface area contributed by atoms with Crippen LogP contribution in [0.2, 0.25) is 5.02 Å². The number of amides is 1. The van der Waals surface area contributed by atoms with Crippen LogP contribution in [0.15, 0.2) is 12.1 Å². The Morgan fingerprint density at radius 3 is 2.68 bits per heavy atom. The second-order valence-electron chi connectivity index (χ2n) is 8.33. The summed E-state index contributed by atoms with van der Waals surface area (Å²) in [5.74, 6) is 1.38. The predicted octanol–water partition coefficient (Wildman–Crippen LogP) is 3.41. The number of nitrogens with one attached hydrogen (secondary N) is 1. The molecule has 1 aliphatic carbocycles. The number of carbonyl (C=O) groups is 1. The molecular formula is C20H25ClN2O2. The first-order valence-electron chi connectivity index (χ1n) is 9.67. The van der Waals surface area contributed by atoms with Crippen molar-refractivity contribution in [3.8, 4) is 5.75 Å². The molecule has 4 heterocycles. The molecule has 1 atom stereocenters. The highest BCUT2D eigenvalue weighted by Crippen LogP contribution is 2.47. The van der Waals surface area contributed by atoms with Gasteiger partial charge in [-0.15, -0.1) is 0 Å². The average molecular weight is 361 g/mol. The SMILES string of the molecule is O=C(NC1CN2CCC1CC2)c1cc(Cl)cc2c1OC1(CCCC1)C2. The number of hydrogen-bond acceptors (Lipinski definition) is 3. The minimum absolute atomic E-state index is 0.0208. The van der Waals surface area contributed by atoms with Crippen molar-refractivity contribution < 1.29 is 9.53 Å². The number of fused-ring (bicyclic) bond motifs is 4. The Hall–Kier alpha value is -1.26. The lowest BCUT2D eigenvalue weighted by molar-refractivity contribution is 0.0612. The van der Waals surface area contributed by atoms with Gasteiger partial charge in [0.2, 0.25) is 0 Å². The lowest BCUT2D eigenvalue weighted by atomic mass is 9.84. The first kappa shape index (κ1) is 16.0. The first-order chi connectivity index (χ1) is 12.1. The van der Waals surface area contributed by atoms with Crippen molar-refractivity contribution in [2.24, 2.45) is 5.92 Å². The number of carbonyl (C=O) groups excluding carboxylic acids is 1. The van der Waals surface area contributed by atoms with Gasteiger partial charge in [0.15, 0.2) is 0 Å². The molecule has 1 aromatic rings. The number of hydrogen-bond donors (Lipinski definition) is 1. The van der Waals surface area contributed by atoms with Gasteiger partial charge in [0.05, 0.1) is 5.56 Å². The van der Waals surface area contributed by atoms with Crippen molar-refractivity contribution in [2.75, 3.05) is 19.6 Å². The minimum Gasteiger partial charge on any atom is -0.486 e. The van der Waals surface area contributed by atoms with Crippen molar-refractivity contribution in [2.45, 2.75) is 56.6 Å². The molecule has 1 spiro atoms. The second-order valence-corrected chi connectivity index (χ2v) is 8.76. The number of nitrogens with zero attached hydrogens (tertiary/aromatic N) is 1. The van der Waals surface area contributed by atoms with Crippen molar-refractivity contribution >= 4 is 17.5 Å². The van der Waals surface area contributed by atoms with E-state index in [-0.39, 0.29) is 17.6 Å². The molecule has 1 aromatic carbocycles. The highest BCUT2D eigenvalue weighted by atomic mass is 35.5. The maximum absolute atomic E-state index is 13.0. The molecule has 0 aromatic heterocycles. The van der Waals surface area contributed by atoms with E-state index in [9.17, 15) is 4.79 Å². The fraction of sp³-hybridized carbons (Fsp3) is 0.650. The van der Waals surface area contributed by atoms with Crippen LogP contribution in [0.25, 0.3) is 0 Å². The van der Waals surface area contributed by atoms with Crippen molar-refractivity contribution in [1.29, 1.82) is 0 Å². The third-order valence-corrected chi connectivity index (χ3v) is 6.91. The minimum atomic E-state index is -0.0857. The monoisotopic (exact) mass is 360 g/mol. The molecule has 4 aliphatic heterocycles. The fourth-order valence-electron chi connectivity index (χ4n) is 5.34. The number of halogens is 1. The molecule has 1 amide bonds. The largest absolute Gasteiger partial charge is 0.486 e. The summed E-state index contributed by atoms with van der Waals surface area (Å²) in [5.41, 5.74) is 1.65. The van der Waals surface area contributed by atoms with E-state index < -0.39 is 0 Å². The van der Waals surface area contributed by atoms with E-state index in [1.54, 1.807) is 6.07 Å². The second kappa shape index (κ2) is 5.88. The highest BCUT2D eigenvalue weighted by molar-refractivity contribution is 6.31. The van der Waals surface area contributed by atoms with Gasteiger partial charge in [-0.3, -0.25) is 4.79 Å². The Bertz CT molecular complexity index is 706. The molecule has 134 valence electrons. The summed E-state index contributed by atoms with van der Waals surface area (Å²) in [6.07, 6.45) is 7.87. The fourth-order valence-corrected chi connectivity index (χ4v) is 5.58. The van der Waals surface area contributed by atoms with Crippen LogP contribution in [0.3, 0.4) is 0 Å². The molecule has 1 unspecified atom stereocenters. The van der Waals surface area contributed by atoms with E-state index in [2.05, 4.69) is 10.2 Å². The number of rotatable bonds is 2. The smallest absolute Gasteiger partial charge is 0.255 e. The lowest BCUT2D eigenvalue weighted by Crippen LogP contribution is -2.57. The summed E-state index contributed by atoms with van der Waals surface area (Å²) in [5, 5.41) is 3.92. The van der Waals surface area contributed by atoms with Gasteiger partial charge < -0.3 is 15.0 Å². The maximum atomic E-state index is 13.0. The van der Waals surface area contributed by atoms with Crippen molar-refractivity contribution in [3.05, 3.63) is 28.3 Å². The Labute approximate surface area is 153 Å². The third kappa shape index (κ3) is 2.74. The molecule has 2 bridgehead atoms. The van der Waals surface area contributed by atoms with E-state index in [0.29, 0.717) is 16.5 Å². The third-order valence-electron chi connectivity index (χ3n) is 6.69. The zero-order valence-electron chi connectivity index (χ0n) is 14.5. The zero-order chi connectivity index (χ0) is 17.0. The van der Waals surface area contributed by atoms with E-state index in [1.807, 2.05) is 6.07 Å². The van der Waals surface area contributed by atoms with Crippen molar-refractivity contribution in [3.63, 3.8) is 0 Å². The molecule has 0 radical (unpaired) electrons. The molecule has 5 aliphatic rings. The lowest BCUT2D eigenvalue weighted by Gasteiger charge is -2.44. The summed E-state index contributed by atoms with van der Waals surface area (Å²) >= 11 is 6.33. The van der Waals surface area contributed by atoms with Crippen LogP contribution in [0.4, 0.5) is 0 Å². The van der Waals surface area contributed by atoms with Gasteiger partial charge in [-0.2, -0.15) is 0 Å². The van der Waals surface area contributed by atoms with Gasteiger partial charge in [0.25, 0.3) is 5.91 Å². The van der Waals surface area contributed by atoms with Crippen LogP contribution in [-0.4, -0.2) is 42.1 Å². The molecule has 25 heavy (non-hydrogen) atoms. The van der Waals surface area contributed by atoms with Crippen LogP contribution in [0, 0.1) is 5.92 Å². The maximum Gasteiger partial charge on any atom is 0.255 e. The van der Waals surface area contributed by atoms with Gasteiger partial charge in [-0.1, -0.05) is 11.6 Å². The van der Waals surface area contributed by atoms with E-state index in [1.165, 1.54) is 38.8 Å². The van der Waals surface area contributed by atoms with Gasteiger partial charge in [-0.05, 0) is 69.7 Å². The quantitative estimate of drug-likeness (QED) is 0.878. The van der Waals surface area contributed by atoms with Crippen LogP contribution in [0.1, 0.15) is 54.4 Å². The number of ether oxygens (including phenoxy) is 1. The zero-order valence-corrected chi connectivity index (χ0v) is 15.3. The highest BCUT2D eigenvalue weighted by Gasteiger charge is 2.44. The van der Waals surface area contributed by atoms with E-state index in [0.717, 1.165) is 37.1 Å². The molecular weight excluding hydrogens is 336 g/mol. The van der Waals surface area contributed by atoms with Crippen molar-refractivity contribution in [1.82, 2.24) is 10.2 Å². The number of piperidine rings is 3. The topological polar surface area (TPSA) is 41.6 Å². The molecule has 5 heteroatoms. The molecule has 3 saturated heterocycles. The van der Waals surface area contributed by atoms with Crippen LogP contribution in [-0.2, 0) is 6.42 Å². The Morgan fingerprint density at radius 2 is 2.00 bits per heavy atom. The van der Waals surface area contributed by atoms with Gasteiger partial charge in [-0.25, -0.2) is 0 Å². The Kier molecular flexibility index (Phi) is 3.75. The van der Waals surface area contributed by atoms with E-state index in [4.69, 9.17) is 16.3 Å². The Morgan fingerprint density at radius 1 is 1.24 bits per heavy atom. The summed E-state index contributed by atoms with van der Waals surface area (Å²) in [6, 6.07) is 4.02. The Balaban J connectivity index is 1.40. The van der Waals surface area contributed by atoms with Crippen LogP contribution >= 0.6 is 11.6 Å². The summed E-state index contributed by atoms with van der Waals surface area (Å²) in [6.45, 7) is 3.33. The number of benzene rings is 1. The summed E-state index contributed by atoms with van der Waals surface area (Å²) < 4.78 is 6.38. The van der Waals surface area contributed by atoms with Gasteiger partial charge in [0.1, 0.15) is 11.4 Å². The van der Waals surface area contributed by atoms with Gasteiger partial charge >= 0.3 is 0 Å². The molecule has 6 rings (SSSR count). The molecule has 4 nitrogen and oxygen atoms in total. The van der Waals surface area contributed by atoms with E-state index >= 15 is 0 Å². The molecule has 1 N–H and O–H groups in total. The molecule has 4 fully saturated rings. The standard InChI is InChI=1S/C20H25ClN2O2/c21-15-9-14-11-20(5-1-2-6-20)25-18(14)16(10-15)19(24)22-17-12-23-7-3-13(17)4-8-23/h9-10,13,17H,1-8,11-12H2,(H,22,24). The van der Waals surface area contributed by atoms with Crippen LogP contribution < -0.4 is 10.1 Å². The predicted molar refractivity (Wildman–Crippen MR) is 97.4 cm³/mol. The van der Waals surface area contributed by atoms with Crippen LogP contribution in [0.5, 0.6) is 5.75 Å². The molecule has 1 saturated carbocycles. The average Bonchev–Trinajstić information content (AvgIpc) is 3.21.